The van der Waals surface area contributed by atoms with Crippen molar-refractivity contribution in [2.45, 2.75) is 0 Å². The van der Waals surface area contributed by atoms with Gasteiger partial charge in [0.05, 0.1) is 11.1 Å². The van der Waals surface area contributed by atoms with Gasteiger partial charge in [-0.2, -0.15) is 0 Å². The van der Waals surface area contributed by atoms with Crippen molar-refractivity contribution in [2.24, 2.45) is 7.05 Å². The summed E-state index contributed by atoms with van der Waals surface area (Å²) >= 11 is 1.48. The third kappa shape index (κ3) is 6.13. The topological polar surface area (TPSA) is 121 Å². The molecule has 154 valence electrons. The Hall–Kier alpha value is -3.23. The number of anilines is 4. The van der Waals surface area contributed by atoms with E-state index >= 15 is 0 Å². The third-order valence-corrected chi connectivity index (χ3v) is 4.75. The minimum Gasteiger partial charge on any atom is -0.662 e. The zero-order valence-corrected chi connectivity index (χ0v) is 17.3. The Balaban J connectivity index is 0.000000631. The van der Waals surface area contributed by atoms with Gasteiger partial charge in [-0.3, -0.25) is 14.6 Å². The standard InChI is InChI=1S/C18H13FN5OS.CH2O3.Li/c1-24-9-7-14-16(17(24)25)13(10-26-14)22-15-6-8-20-18(23-15)21-12-4-2-11(19)3-5-12;2-1-4-3;/h2-5,7-10H,1H3,(H2,20,21,22,23);1,3H;/q-1;;+1/p-1. The number of nitrogens with one attached hydrogen (secondary N) is 2. The molecule has 0 amide bonds. The van der Waals surface area contributed by atoms with E-state index in [1.54, 1.807) is 25.4 Å². The summed E-state index contributed by atoms with van der Waals surface area (Å²) in [4.78, 5) is 32.1. The fraction of sp³-hybridized carbons (Fsp3) is 0.0526. The average molecular weight is 434 g/mol. The maximum Gasteiger partial charge on any atom is 1.00 e. The average Bonchev–Trinajstić information content (AvgIpc) is 3.16. The molecule has 0 spiro atoms. The summed E-state index contributed by atoms with van der Waals surface area (Å²) in [5, 5.41) is 17.0. The maximum absolute atomic E-state index is 13.0. The Morgan fingerprint density at radius 3 is 2.65 bits per heavy atom. The van der Waals surface area contributed by atoms with E-state index in [-0.39, 0.29) is 36.7 Å². The molecule has 0 atom stereocenters. The molecule has 1 aromatic carbocycles. The summed E-state index contributed by atoms with van der Waals surface area (Å²) in [6.07, 6.45) is 3.22. The molecule has 3 heterocycles. The van der Waals surface area contributed by atoms with Crippen LogP contribution >= 0.6 is 11.3 Å². The number of carbonyl (C=O) groups is 1. The second-order valence-corrected chi connectivity index (χ2v) is 6.67. The number of thiophene rings is 1. The molecule has 2 N–H and O–H groups in total. The van der Waals surface area contributed by atoms with E-state index in [1.807, 2.05) is 11.4 Å². The molecule has 0 saturated carbocycles. The van der Waals surface area contributed by atoms with Crippen LogP contribution in [0.4, 0.5) is 27.5 Å². The SMILES string of the molecule is Cn1ccc2scc(Nc3[c-]cnc(Nc4ccc(F)cc4)n3)c2c1=O.O=CO[O-].[Li+]. The summed E-state index contributed by atoms with van der Waals surface area (Å²) in [5.74, 6) is 0.451. The molecule has 12 heteroatoms. The van der Waals surface area contributed by atoms with Crippen molar-refractivity contribution in [3.63, 3.8) is 0 Å². The van der Waals surface area contributed by atoms with Crippen LogP contribution < -0.4 is 40.3 Å². The molecule has 0 aliphatic carbocycles. The van der Waals surface area contributed by atoms with Gasteiger partial charge in [-0.15, -0.1) is 17.5 Å². The van der Waals surface area contributed by atoms with Crippen molar-refractivity contribution in [2.75, 3.05) is 10.6 Å². The summed E-state index contributed by atoms with van der Waals surface area (Å²) in [7, 11) is 1.71. The van der Waals surface area contributed by atoms with Crippen LogP contribution in [0.1, 0.15) is 0 Å². The van der Waals surface area contributed by atoms with Crippen LogP contribution in [0.25, 0.3) is 10.1 Å². The van der Waals surface area contributed by atoms with Crippen LogP contribution in [0.15, 0.2) is 52.9 Å². The van der Waals surface area contributed by atoms with Crippen molar-refractivity contribution in [3.8, 4) is 0 Å². The predicted octanol–water partition coefficient (Wildman–Crippen LogP) is -0.745. The number of aryl methyl sites for hydroxylation is 1. The molecule has 0 saturated heterocycles. The molecular formula is C19H14FLiN5O4S-. The second-order valence-electron chi connectivity index (χ2n) is 5.76. The van der Waals surface area contributed by atoms with Gasteiger partial charge in [0.25, 0.3) is 12.0 Å². The summed E-state index contributed by atoms with van der Waals surface area (Å²) < 4.78 is 15.4. The van der Waals surface area contributed by atoms with Gasteiger partial charge in [0.1, 0.15) is 5.82 Å². The van der Waals surface area contributed by atoms with Gasteiger partial charge in [-0.25, -0.2) is 9.37 Å². The van der Waals surface area contributed by atoms with Gasteiger partial charge in [-0.05, 0) is 36.1 Å². The molecule has 0 radical (unpaired) electrons. The van der Waals surface area contributed by atoms with Gasteiger partial charge in [-0.1, -0.05) is 0 Å². The van der Waals surface area contributed by atoms with Crippen LogP contribution in [0.2, 0.25) is 0 Å². The molecule has 0 aliphatic rings. The number of benzene rings is 1. The zero-order chi connectivity index (χ0) is 21.5. The molecule has 0 bridgehead atoms. The molecule has 0 fully saturated rings. The number of rotatable bonds is 5. The van der Waals surface area contributed by atoms with Gasteiger partial charge < -0.3 is 31.4 Å². The van der Waals surface area contributed by atoms with Crippen molar-refractivity contribution < 1.29 is 38.2 Å². The fourth-order valence-electron chi connectivity index (χ4n) is 2.47. The first-order valence-corrected chi connectivity index (χ1v) is 9.23. The van der Waals surface area contributed by atoms with Gasteiger partial charge in [0.2, 0.25) is 5.95 Å². The number of pyridine rings is 1. The van der Waals surface area contributed by atoms with Crippen LogP contribution in [0, 0.1) is 11.9 Å². The molecule has 3 aromatic heterocycles. The monoisotopic (exact) mass is 434 g/mol. The molecule has 0 unspecified atom stereocenters. The molecule has 0 aliphatic heterocycles. The van der Waals surface area contributed by atoms with Crippen LogP contribution in [-0.4, -0.2) is 21.0 Å². The van der Waals surface area contributed by atoms with Crippen LogP contribution in [-0.2, 0) is 16.7 Å². The maximum atomic E-state index is 13.0. The first-order valence-electron chi connectivity index (χ1n) is 8.35. The largest absolute Gasteiger partial charge is 1.00 e. The molecule has 4 rings (SSSR count). The van der Waals surface area contributed by atoms with E-state index in [0.29, 0.717) is 28.5 Å². The number of nitrogens with zero attached hydrogens (tertiary/aromatic N) is 3. The number of hydrogen-bond acceptors (Lipinski definition) is 9. The smallest absolute Gasteiger partial charge is 0.662 e. The first-order chi connectivity index (χ1) is 14.5. The van der Waals surface area contributed by atoms with E-state index in [2.05, 4.69) is 31.6 Å². The minimum absolute atomic E-state index is 0. The third-order valence-electron chi connectivity index (χ3n) is 3.80. The van der Waals surface area contributed by atoms with Crippen molar-refractivity contribution in [3.05, 3.63) is 70.3 Å². The Labute approximate surface area is 191 Å². The van der Waals surface area contributed by atoms with Crippen molar-refractivity contribution >= 4 is 51.0 Å². The molecular weight excluding hydrogens is 420 g/mol. The van der Waals surface area contributed by atoms with E-state index in [1.165, 1.54) is 34.2 Å². The number of hydrogen-bond donors (Lipinski definition) is 2. The molecule has 9 nitrogen and oxygen atoms in total. The van der Waals surface area contributed by atoms with E-state index in [4.69, 9.17) is 10.1 Å². The fourth-order valence-corrected chi connectivity index (χ4v) is 3.34. The normalized spacial score (nSPS) is 9.77. The Bertz CT molecular complexity index is 1220. The number of fused-ring (bicyclic) bond motifs is 1. The van der Waals surface area contributed by atoms with E-state index in [0.717, 1.165) is 4.70 Å². The van der Waals surface area contributed by atoms with Crippen molar-refractivity contribution in [1.29, 1.82) is 0 Å². The van der Waals surface area contributed by atoms with Gasteiger partial charge >= 0.3 is 18.9 Å². The van der Waals surface area contributed by atoms with E-state index in [9.17, 15) is 9.18 Å². The predicted molar refractivity (Wildman–Crippen MR) is 108 cm³/mol. The Morgan fingerprint density at radius 2 is 1.97 bits per heavy atom. The first kappa shape index (κ1) is 24.0. The van der Waals surface area contributed by atoms with Crippen LogP contribution in [0.5, 0.6) is 0 Å². The summed E-state index contributed by atoms with van der Waals surface area (Å²) in [5.41, 5.74) is 1.26. The second kappa shape index (κ2) is 11.2. The van der Waals surface area contributed by atoms with Crippen molar-refractivity contribution in [1.82, 2.24) is 14.5 Å². The van der Waals surface area contributed by atoms with E-state index < -0.39 is 0 Å². The zero-order valence-electron chi connectivity index (χ0n) is 16.5. The number of aromatic nitrogens is 3. The quantitative estimate of drug-likeness (QED) is 0.139. The minimum atomic E-state index is -0.314. The molecule has 31 heavy (non-hydrogen) atoms. The summed E-state index contributed by atoms with van der Waals surface area (Å²) in [6, 6.07) is 10.7. The van der Waals surface area contributed by atoms with Crippen LogP contribution in [0.3, 0.4) is 0 Å². The van der Waals surface area contributed by atoms with Gasteiger partial charge in [0, 0.05) is 29.0 Å². The Morgan fingerprint density at radius 1 is 1.26 bits per heavy atom. The van der Waals surface area contributed by atoms with Gasteiger partial charge in [0.15, 0.2) is 0 Å². The summed E-state index contributed by atoms with van der Waals surface area (Å²) in [6.45, 7) is -0.181. The number of carbonyl (C=O) groups excluding carboxylic acids is 1. The number of halogens is 1. The Kier molecular flexibility index (Phi) is 8.72. The molecule has 4 aromatic rings.